The number of aliphatic hydroxyl groups is 2. The van der Waals surface area contributed by atoms with Gasteiger partial charge >= 0.3 is 0 Å². The average molecular weight is 458 g/mol. The average Bonchev–Trinajstić information content (AvgIpc) is 3.17. The quantitative estimate of drug-likeness (QED) is 0.421. The molecule has 0 spiro atoms. The van der Waals surface area contributed by atoms with E-state index in [0.29, 0.717) is 32.1 Å². The lowest BCUT2D eigenvalue weighted by Crippen LogP contribution is -2.70. The Kier molecular flexibility index (Phi) is 6.10. The Hall–Kier alpha value is -1.98. The highest BCUT2D eigenvalue weighted by Gasteiger charge is 2.55. The van der Waals surface area contributed by atoms with E-state index in [0.717, 1.165) is 6.07 Å². The molecule has 4 aliphatic rings. The predicted octanol–water partition coefficient (Wildman–Crippen LogP) is 0.518. The summed E-state index contributed by atoms with van der Waals surface area (Å²) in [6.45, 7) is -0.328. The summed E-state index contributed by atoms with van der Waals surface area (Å²) >= 11 is 5.63. The summed E-state index contributed by atoms with van der Waals surface area (Å²) < 4.78 is 18.8. The summed E-state index contributed by atoms with van der Waals surface area (Å²) in [5.41, 5.74) is 0.989. The van der Waals surface area contributed by atoms with Crippen LogP contribution in [-0.4, -0.2) is 58.1 Å². The molecule has 3 atom stereocenters. The van der Waals surface area contributed by atoms with Crippen molar-refractivity contribution in [1.29, 1.82) is 0 Å². The van der Waals surface area contributed by atoms with E-state index in [1.807, 2.05) is 0 Å². The van der Waals surface area contributed by atoms with Crippen LogP contribution in [0.1, 0.15) is 38.5 Å². The summed E-state index contributed by atoms with van der Waals surface area (Å²) in [6, 6.07) is 3.91. The van der Waals surface area contributed by atoms with E-state index in [4.69, 9.17) is 21.2 Å². The van der Waals surface area contributed by atoms with Crippen LogP contribution in [0.5, 0.6) is 5.75 Å². The normalized spacial score (nSPS) is 34.4. The summed E-state index contributed by atoms with van der Waals surface area (Å²) in [6.07, 6.45) is 0.0811. The predicted molar refractivity (Wildman–Crippen MR) is 106 cm³/mol. The fourth-order valence-electron chi connectivity index (χ4n) is 4.65. The number of aliphatic hydroxyl groups excluding tert-OH is 2. The molecule has 3 unspecified atom stereocenters. The molecule has 2 bridgehead atoms. The number of ether oxygens (including phenoxy) is 1. The molecule has 3 aliphatic carbocycles. The second-order valence-electron chi connectivity index (χ2n) is 8.53. The van der Waals surface area contributed by atoms with Crippen LogP contribution in [0.4, 0.5) is 4.39 Å². The zero-order valence-electron chi connectivity index (χ0n) is 16.7. The number of rotatable bonds is 6. The van der Waals surface area contributed by atoms with Crippen LogP contribution in [-0.2, 0) is 14.4 Å². The molecular weight excluding hydrogens is 433 g/mol. The number of carbonyl (C=O) groups is 2. The van der Waals surface area contributed by atoms with Gasteiger partial charge in [-0.25, -0.2) is 4.39 Å². The van der Waals surface area contributed by atoms with Gasteiger partial charge in [0.05, 0.1) is 16.7 Å². The molecule has 0 aromatic heterocycles. The van der Waals surface area contributed by atoms with E-state index in [1.54, 1.807) is 0 Å². The third kappa shape index (κ3) is 4.63. The zero-order valence-corrected chi connectivity index (χ0v) is 17.5. The van der Waals surface area contributed by atoms with Crippen molar-refractivity contribution in [2.24, 2.45) is 0 Å². The third-order valence-corrected chi connectivity index (χ3v) is 6.74. The number of carbonyl (C=O) groups excluding carboxylic acids is 2. The minimum atomic E-state index is -0.883. The smallest absolute Gasteiger partial charge is 0.258 e. The molecule has 2 amide bonds. The third-order valence-electron chi connectivity index (χ3n) is 6.44. The SMILES string of the molecule is O=C(COc1ccc(Cl)c(F)c1)NC12CCC(NC(=O)C3CC(O)NO3)(CC1)CC2O. The van der Waals surface area contributed by atoms with Gasteiger partial charge in [-0.3, -0.25) is 14.4 Å². The number of amides is 2. The standard InChI is InChI=1S/C20H25ClFN3O6/c21-12-2-1-11(7-13(12)22)30-10-17(28)23-20-5-3-19(4-6-20,9-15(20)26)24-18(29)14-8-16(27)25-31-14/h1-2,7,14-16,25-27H,3-6,8-10H2,(H,23,28)(H,24,29). The number of hydrogen-bond donors (Lipinski definition) is 5. The molecule has 5 N–H and O–H groups in total. The van der Waals surface area contributed by atoms with Gasteiger partial charge in [-0.2, -0.15) is 5.48 Å². The van der Waals surface area contributed by atoms with Crippen molar-refractivity contribution in [2.75, 3.05) is 6.61 Å². The zero-order chi connectivity index (χ0) is 22.2. The maximum Gasteiger partial charge on any atom is 0.258 e. The van der Waals surface area contributed by atoms with Gasteiger partial charge in [0, 0.05) is 18.0 Å². The lowest BCUT2D eigenvalue weighted by atomic mass is 9.60. The first-order chi connectivity index (χ1) is 14.7. The van der Waals surface area contributed by atoms with E-state index >= 15 is 0 Å². The van der Waals surface area contributed by atoms with Gasteiger partial charge in [0.25, 0.3) is 11.8 Å². The molecule has 1 heterocycles. The van der Waals surface area contributed by atoms with Crippen LogP contribution in [0.15, 0.2) is 18.2 Å². The van der Waals surface area contributed by atoms with Crippen molar-refractivity contribution in [3.63, 3.8) is 0 Å². The molecule has 11 heteroatoms. The Morgan fingerprint density at radius 3 is 2.61 bits per heavy atom. The number of nitrogens with one attached hydrogen (secondary N) is 3. The Balaban J connectivity index is 1.31. The lowest BCUT2D eigenvalue weighted by Gasteiger charge is -2.56. The first-order valence-corrected chi connectivity index (χ1v) is 10.6. The topological polar surface area (TPSA) is 129 Å². The van der Waals surface area contributed by atoms with Gasteiger partial charge in [0.1, 0.15) is 17.8 Å². The second kappa shape index (κ2) is 8.51. The summed E-state index contributed by atoms with van der Waals surface area (Å²) in [5, 5.41) is 26.1. The van der Waals surface area contributed by atoms with Crippen LogP contribution < -0.4 is 20.9 Å². The summed E-state index contributed by atoms with van der Waals surface area (Å²) in [4.78, 5) is 30.0. The van der Waals surface area contributed by atoms with Gasteiger partial charge in [-0.05, 0) is 44.2 Å². The number of fused-ring (bicyclic) bond motifs is 3. The van der Waals surface area contributed by atoms with E-state index in [-0.39, 0.29) is 29.7 Å². The van der Waals surface area contributed by atoms with Crippen molar-refractivity contribution in [1.82, 2.24) is 16.1 Å². The fraction of sp³-hybridized carbons (Fsp3) is 0.600. The van der Waals surface area contributed by atoms with Gasteiger partial charge in [-0.15, -0.1) is 0 Å². The number of halogens is 2. The largest absolute Gasteiger partial charge is 0.484 e. The Morgan fingerprint density at radius 2 is 2.00 bits per heavy atom. The van der Waals surface area contributed by atoms with Gasteiger partial charge in [-0.1, -0.05) is 11.6 Å². The van der Waals surface area contributed by atoms with Gasteiger partial charge in [0.2, 0.25) is 0 Å². The van der Waals surface area contributed by atoms with Crippen molar-refractivity contribution in [2.45, 2.75) is 68.0 Å². The number of hydrogen-bond acceptors (Lipinski definition) is 7. The van der Waals surface area contributed by atoms with E-state index in [2.05, 4.69) is 16.1 Å². The highest BCUT2D eigenvalue weighted by atomic mass is 35.5. The van der Waals surface area contributed by atoms with Crippen molar-refractivity contribution in [3.8, 4) is 5.75 Å². The van der Waals surface area contributed by atoms with Gasteiger partial charge in [0.15, 0.2) is 12.7 Å². The highest BCUT2D eigenvalue weighted by Crippen LogP contribution is 2.47. The Morgan fingerprint density at radius 1 is 1.26 bits per heavy atom. The maximum absolute atomic E-state index is 13.5. The number of hydroxylamine groups is 1. The van der Waals surface area contributed by atoms with Crippen LogP contribution >= 0.6 is 11.6 Å². The second-order valence-corrected chi connectivity index (χ2v) is 8.94. The van der Waals surface area contributed by atoms with Crippen LogP contribution in [0.2, 0.25) is 5.02 Å². The molecule has 31 heavy (non-hydrogen) atoms. The first kappa shape index (κ1) is 22.2. The van der Waals surface area contributed by atoms with E-state index < -0.39 is 41.2 Å². The molecule has 5 rings (SSSR count). The van der Waals surface area contributed by atoms with Crippen LogP contribution in [0, 0.1) is 5.82 Å². The molecule has 1 saturated heterocycles. The first-order valence-electron chi connectivity index (χ1n) is 10.2. The molecule has 0 radical (unpaired) electrons. The highest BCUT2D eigenvalue weighted by molar-refractivity contribution is 6.30. The Labute approximate surface area is 183 Å². The van der Waals surface area contributed by atoms with E-state index in [1.165, 1.54) is 12.1 Å². The van der Waals surface area contributed by atoms with E-state index in [9.17, 15) is 24.2 Å². The minimum Gasteiger partial charge on any atom is -0.484 e. The molecular formula is C20H25ClFN3O6. The van der Waals surface area contributed by atoms with Crippen LogP contribution in [0.25, 0.3) is 0 Å². The van der Waals surface area contributed by atoms with Crippen molar-refractivity contribution in [3.05, 3.63) is 29.0 Å². The van der Waals surface area contributed by atoms with Crippen molar-refractivity contribution >= 4 is 23.4 Å². The summed E-state index contributed by atoms with van der Waals surface area (Å²) in [7, 11) is 0. The summed E-state index contributed by atoms with van der Waals surface area (Å²) in [5.74, 6) is -1.22. The molecule has 1 aromatic carbocycles. The molecule has 4 fully saturated rings. The Bertz CT molecular complexity index is 863. The molecule has 1 aromatic rings. The maximum atomic E-state index is 13.5. The van der Waals surface area contributed by atoms with Crippen LogP contribution in [0.3, 0.4) is 0 Å². The lowest BCUT2D eigenvalue weighted by molar-refractivity contribution is -0.142. The minimum absolute atomic E-state index is 0.0364. The number of benzene rings is 1. The fourth-order valence-corrected chi connectivity index (χ4v) is 4.77. The van der Waals surface area contributed by atoms with Crippen molar-refractivity contribution < 1.29 is 33.8 Å². The molecule has 9 nitrogen and oxygen atoms in total. The molecule has 3 saturated carbocycles. The molecule has 1 aliphatic heterocycles. The van der Waals surface area contributed by atoms with Gasteiger partial charge < -0.3 is 25.6 Å². The molecule has 170 valence electrons. The monoisotopic (exact) mass is 457 g/mol.